The molecular formula is C11H7BrN2O2S. The lowest BCUT2D eigenvalue weighted by Gasteiger charge is -2.02. The Hall–Kier alpha value is -1.40. The second-order valence-electron chi connectivity index (χ2n) is 3.11. The van der Waals surface area contributed by atoms with Crippen molar-refractivity contribution in [2.75, 3.05) is 0 Å². The van der Waals surface area contributed by atoms with E-state index < -0.39 is 5.97 Å². The van der Waals surface area contributed by atoms with E-state index in [0.29, 0.717) is 0 Å². The topological polar surface area (TPSA) is 63.1 Å². The minimum atomic E-state index is -0.926. The molecule has 0 spiro atoms. The fraction of sp³-hybridized carbons (Fsp3) is 0. The summed E-state index contributed by atoms with van der Waals surface area (Å²) in [6, 6.07) is 6.64. The van der Waals surface area contributed by atoms with E-state index in [1.807, 2.05) is 0 Å². The Bertz CT molecular complexity index is 545. The van der Waals surface area contributed by atoms with E-state index in [4.69, 9.17) is 5.11 Å². The lowest BCUT2D eigenvalue weighted by Crippen LogP contribution is -1.94. The van der Waals surface area contributed by atoms with E-state index in [0.717, 1.165) is 14.4 Å². The summed E-state index contributed by atoms with van der Waals surface area (Å²) in [5, 5.41) is 9.57. The molecule has 0 bridgehead atoms. The van der Waals surface area contributed by atoms with E-state index in [-0.39, 0.29) is 5.56 Å². The number of rotatable bonds is 3. The van der Waals surface area contributed by atoms with Crippen molar-refractivity contribution in [3.05, 3.63) is 46.8 Å². The van der Waals surface area contributed by atoms with Crippen LogP contribution in [-0.4, -0.2) is 21.0 Å². The van der Waals surface area contributed by atoms with Gasteiger partial charge in [-0.2, -0.15) is 0 Å². The van der Waals surface area contributed by atoms with Crippen molar-refractivity contribution in [1.82, 2.24) is 9.97 Å². The van der Waals surface area contributed by atoms with Crippen LogP contribution in [0.25, 0.3) is 0 Å². The third-order valence-corrected chi connectivity index (χ3v) is 3.82. The first kappa shape index (κ1) is 12.1. The van der Waals surface area contributed by atoms with Gasteiger partial charge in [-0.3, -0.25) is 0 Å². The molecule has 2 aromatic rings. The number of carboxylic acids is 1. The van der Waals surface area contributed by atoms with Gasteiger partial charge in [-0.05, 0) is 40.2 Å². The number of hydrogen-bond donors (Lipinski definition) is 1. The van der Waals surface area contributed by atoms with Crippen molar-refractivity contribution in [1.29, 1.82) is 0 Å². The fourth-order valence-corrected chi connectivity index (χ4v) is 2.36. The molecule has 1 heterocycles. The second-order valence-corrected chi connectivity index (χ2v) is 5.02. The highest BCUT2D eigenvalue weighted by Crippen LogP contribution is 2.30. The average molecular weight is 311 g/mol. The smallest absolute Gasteiger partial charge is 0.335 e. The Morgan fingerprint density at radius 1 is 1.29 bits per heavy atom. The van der Waals surface area contributed by atoms with E-state index in [1.165, 1.54) is 18.1 Å². The predicted molar refractivity (Wildman–Crippen MR) is 67.3 cm³/mol. The molecule has 1 aromatic heterocycles. The summed E-state index contributed by atoms with van der Waals surface area (Å²) in [5.41, 5.74) is 0.274. The summed E-state index contributed by atoms with van der Waals surface area (Å²) in [4.78, 5) is 19.6. The summed E-state index contributed by atoms with van der Waals surface area (Å²) < 4.78 is 0.812. The van der Waals surface area contributed by atoms with Crippen molar-refractivity contribution >= 4 is 33.7 Å². The molecule has 1 N–H and O–H groups in total. The molecule has 0 aliphatic carbocycles. The zero-order valence-corrected chi connectivity index (χ0v) is 10.9. The van der Waals surface area contributed by atoms with Gasteiger partial charge < -0.3 is 5.11 Å². The largest absolute Gasteiger partial charge is 0.478 e. The van der Waals surface area contributed by atoms with Gasteiger partial charge >= 0.3 is 5.97 Å². The monoisotopic (exact) mass is 310 g/mol. The zero-order valence-electron chi connectivity index (χ0n) is 8.50. The number of hydrogen-bond acceptors (Lipinski definition) is 4. The number of carbonyl (C=O) groups is 1. The number of nitrogens with zero attached hydrogens (tertiary/aromatic N) is 2. The van der Waals surface area contributed by atoms with E-state index in [1.54, 1.807) is 30.5 Å². The first-order valence-electron chi connectivity index (χ1n) is 4.63. The quantitative estimate of drug-likeness (QED) is 0.883. The molecule has 4 nitrogen and oxygen atoms in total. The highest BCUT2D eigenvalue weighted by molar-refractivity contribution is 9.10. The maximum atomic E-state index is 10.7. The fourth-order valence-electron chi connectivity index (χ4n) is 1.15. The van der Waals surface area contributed by atoms with Crippen molar-refractivity contribution in [2.24, 2.45) is 0 Å². The third kappa shape index (κ3) is 3.04. The van der Waals surface area contributed by atoms with Crippen molar-refractivity contribution in [3.8, 4) is 0 Å². The molecule has 0 unspecified atom stereocenters. The molecule has 0 saturated carbocycles. The van der Waals surface area contributed by atoms with Crippen LogP contribution in [0.5, 0.6) is 0 Å². The molecule has 0 amide bonds. The van der Waals surface area contributed by atoms with Gasteiger partial charge in [-0.25, -0.2) is 14.8 Å². The number of benzene rings is 1. The van der Waals surface area contributed by atoms with Crippen molar-refractivity contribution in [2.45, 2.75) is 9.92 Å². The zero-order chi connectivity index (χ0) is 12.3. The van der Waals surface area contributed by atoms with Crippen LogP contribution in [0, 0.1) is 0 Å². The van der Waals surface area contributed by atoms with Gasteiger partial charge in [0.2, 0.25) is 0 Å². The normalized spacial score (nSPS) is 10.2. The molecule has 0 radical (unpaired) electrons. The summed E-state index contributed by atoms with van der Waals surface area (Å²) in [6.45, 7) is 0. The van der Waals surface area contributed by atoms with Crippen LogP contribution in [0.2, 0.25) is 0 Å². The lowest BCUT2D eigenvalue weighted by molar-refractivity contribution is 0.0697. The van der Waals surface area contributed by atoms with Gasteiger partial charge in [0.1, 0.15) is 11.4 Å². The van der Waals surface area contributed by atoms with E-state index in [2.05, 4.69) is 25.9 Å². The van der Waals surface area contributed by atoms with Gasteiger partial charge in [0.05, 0.1) is 10.0 Å². The Balaban J connectivity index is 2.20. The van der Waals surface area contributed by atoms with Gasteiger partial charge in [0.25, 0.3) is 0 Å². The third-order valence-electron chi connectivity index (χ3n) is 1.95. The molecule has 6 heteroatoms. The predicted octanol–water partition coefficient (Wildman–Crippen LogP) is 3.09. The van der Waals surface area contributed by atoms with Crippen LogP contribution >= 0.6 is 27.7 Å². The molecule has 0 aliphatic heterocycles. The summed E-state index contributed by atoms with van der Waals surface area (Å²) in [6.07, 6.45) is 3.14. The Morgan fingerprint density at radius 3 is 2.59 bits per heavy atom. The first-order valence-corrected chi connectivity index (χ1v) is 6.24. The Kier molecular flexibility index (Phi) is 3.75. The minimum absolute atomic E-state index is 0.274. The van der Waals surface area contributed by atoms with Gasteiger partial charge in [-0.1, -0.05) is 11.8 Å². The minimum Gasteiger partial charge on any atom is -0.478 e. The van der Waals surface area contributed by atoms with Crippen LogP contribution in [0.15, 0.2) is 51.2 Å². The molecule has 17 heavy (non-hydrogen) atoms. The lowest BCUT2D eigenvalue weighted by atomic mass is 10.2. The SMILES string of the molecule is O=C(O)c1ccc(Sc2ncncc2Br)cc1. The number of aromatic carboxylic acids is 1. The van der Waals surface area contributed by atoms with Crippen molar-refractivity contribution < 1.29 is 9.90 Å². The second kappa shape index (κ2) is 5.29. The standard InChI is InChI=1S/C11H7BrN2O2S/c12-9-5-13-6-14-10(9)17-8-3-1-7(2-4-8)11(15)16/h1-6H,(H,15,16). The van der Waals surface area contributed by atoms with Crippen LogP contribution < -0.4 is 0 Å². The van der Waals surface area contributed by atoms with Crippen LogP contribution in [0.1, 0.15) is 10.4 Å². The van der Waals surface area contributed by atoms with Gasteiger partial charge in [-0.15, -0.1) is 0 Å². The Morgan fingerprint density at radius 2 is 2.00 bits per heavy atom. The number of aromatic nitrogens is 2. The van der Waals surface area contributed by atoms with E-state index >= 15 is 0 Å². The molecule has 0 aliphatic rings. The average Bonchev–Trinajstić information content (AvgIpc) is 2.33. The molecule has 0 atom stereocenters. The van der Waals surface area contributed by atoms with Crippen molar-refractivity contribution in [3.63, 3.8) is 0 Å². The number of halogens is 1. The maximum Gasteiger partial charge on any atom is 0.335 e. The number of carboxylic acid groups (broad SMARTS) is 1. The maximum absolute atomic E-state index is 10.7. The summed E-state index contributed by atoms with van der Waals surface area (Å²) >= 11 is 4.80. The summed E-state index contributed by atoms with van der Waals surface area (Å²) in [7, 11) is 0. The molecular weight excluding hydrogens is 304 g/mol. The highest BCUT2D eigenvalue weighted by Gasteiger charge is 2.05. The van der Waals surface area contributed by atoms with Crippen LogP contribution in [0.3, 0.4) is 0 Å². The molecule has 2 rings (SSSR count). The van der Waals surface area contributed by atoms with Crippen LogP contribution in [0.4, 0.5) is 0 Å². The highest BCUT2D eigenvalue weighted by atomic mass is 79.9. The Labute approximate surface area is 110 Å². The van der Waals surface area contributed by atoms with Crippen LogP contribution in [-0.2, 0) is 0 Å². The van der Waals surface area contributed by atoms with Gasteiger partial charge in [0, 0.05) is 11.1 Å². The molecule has 0 fully saturated rings. The first-order chi connectivity index (χ1) is 8.16. The van der Waals surface area contributed by atoms with E-state index in [9.17, 15) is 4.79 Å². The van der Waals surface area contributed by atoms with Gasteiger partial charge in [0.15, 0.2) is 0 Å². The molecule has 0 saturated heterocycles. The summed E-state index contributed by atoms with van der Waals surface area (Å²) in [5.74, 6) is -0.926. The molecule has 1 aromatic carbocycles. The molecule has 86 valence electrons.